The molecule has 0 atom stereocenters. The van der Waals surface area contributed by atoms with Crippen LogP contribution in [0.15, 0.2) is 42.6 Å². The molecule has 2 aromatic heterocycles. The number of carbonyl (C=O) groups is 1. The van der Waals surface area contributed by atoms with Crippen molar-refractivity contribution in [3.8, 4) is 0 Å². The minimum atomic E-state index is -4.92. The number of aromatic nitrogens is 2. The summed E-state index contributed by atoms with van der Waals surface area (Å²) in [5, 5.41) is 0. The van der Waals surface area contributed by atoms with Gasteiger partial charge in [-0.2, -0.15) is 26.3 Å². The molecule has 2 N–H and O–H groups in total. The minimum Gasteiger partial charge on any atom is -0.364 e. The van der Waals surface area contributed by atoms with Gasteiger partial charge in [-0.15, -0.1) is 0 Å². The first-order valence-electron chi connectivity index (χ1n) is 7.50. The second-order valence-corrected chi connectivity index (χ2v) is 5.74. The molecule has 0 spiro atoms. The summed E-state index contributed by atoms with van der Waals surface area (Å²) in [7, 11) is 0. The van der Waals surface area contributed by atoms with E-state index in [1.54, 1.807) is 0 Å². The van der Waals surface area contributed by atoms with Crippen molar-refractivity contribution in [2.45, 2.75) is 18.9 Å². The van der Waals surface area contributed by atoms with Gasteiger partial charge in [0.15, 0.2) is 0 Å². The topological polar surface area (TPSA) is 60.9 Å². The summed E-state index contributed by atoms with van der Waals surface area (Å²) < 4.78 is 80.1. The van der Waals surface area contributed by atoms with Crippen LogP contribution in [0.3, 0.4) is 0 Å². The number of nitrogens with zero attached hydrogens (tertiary/aromatic N) is 2. The van der Waals surface area contributed by atoms with Gasteiger partial charge in [0.25, 0.3) is 5.91 Å². The maximum atomic E-state index is 13.5. The lowest BCUT2D eigenvalue weighted by atomic mass is 10.1. The summed E-state index contributed by atoms with van der Waals surface area (Å²) in [4.78, 5) is 15.5. The third kappa shape index (κ3) is 3.46. The minimum absolute atomic E-state index is 0.0572. The predicted octanol–water partition coefficient (Wildman–Crippen LogP) is 4.22. The Morgan fingerprint density at radius 3 is 2.33 bits per heavy atom. The highest BCUT2D eigenvalue weighted by Gasteiger charge is 2.41. The Balaban J connectivity index is 2.24. The van der Waals surface area contributed by atoms with Crippen LogP contribution in [0.25, 0.3) is 11.0 Å². The summed E-state index contributed by atoms with van der Waals surface area (Å²) in [6, 6.07) is 6.74. The molecule has 0 radical (unpaired) electrons. The zero-order valence-corrected chi connectivity index (χ0v) is 13.4. The molecule has 0 unspecified atom stereocenters. The van der Waals surface area contributed by atoms with Gasteiger partial charge in [-0.25, -0.2) is 0 Å². The molecule has 0 fully saturated rings. The molecular weight excluding hydrogens is 376 g/mol. The summed E-state index contributed by atoms with van der Waals surface area (Å²) >= 11 is 0. The molecule has 0 aliphatic rings. The van der Waals surface area contributed by atoms with Crippen molar-refractivity contribution in [2.75, 3.05) is 0 Å². The Hall–Kier alpha value is -3.04. The predicted molar refractivity (Wildman–Crippen MR) is 83.8 cm³/mol. The van der Waals surface area contributed by atoms with E-state index >= 15 is 0 Å². The number of primary amides is 1. The third-order valence-electron chi connectivity index (χ3n) is 3.93. The average molecular weight is 387 g/mol. The number of hydrogen-bond acceptors (Lipinski definition) is 2. The monoisotopic (exact) mass is 387 g/mol. The molecule has 0 saturated carbocycles. The normalized spacial score (nSPS) is 12.5. The molecule has 0 aliphatic carbocycles. The third-order valence-corrected chi connectivity index (χ3v) is 3.93. The number of alkyl halides is 6. The number of carbonyl (C=O) groups excluding carboxylic acids is 1. The highest BCUT2D eigenvalue weighted by molar-refractivity contribution is 6.00. The number of amides is 1. The Kier molecular flexibility index (Phi) is 4.37. The average Bonchev–Trinajstić information content (AvgIpc) is 2.89. The van der Waals surface area contributed by atoms with E-state index in [0.717, 1.165) is 29.0 Å². The molecule has 1 aromatic carbocycles. The molecule has 4 nitrogen and oxygen atoms in total. The number of pyridine rings is 1. The van der Waals surface area contributed by atoms with E-state index in [1.807, 2.05) is 0 Å². The Bertz CT molecular complexity index is 1020. The van der Waals surface area contributed by atoms with Crippen molar-refractivity contribution in [1.82, 2.24) is 9.55 Å². The van der Waals surface area contributed by atoms with Crippen LogP contribution >= 0.6 is 0 Å². The van der Waals surface area contributed by atoms with Crippen molar-refractivity contribution < 1.29 is 31.1 Å². The molecule has 142 valence electrons. The number of fused-ring (bicyclic) bond motifs is 1. The van der Waals surface area contributed by atoms with Crippen LogP contribution in [-0.4, -0.2) is 15.5 Å². The van der Waals surface area contributed by atoms with Crippen LogP contribution in [0.5, 0.6) is 0 Å². The van der Waals surface area contributed by atoms with Gasteiger partial charge in [0, 0.05) is 12.7 Å². The summed E-state index contributed by atoms with van der Waals surface area (Å²) in [6.07, 6.45) is -8.41. The second kappa shape index (κ2) is 6.29. The zero-order valence-electron chi connectivity index (χ0n) is 13.4. The van der Waals surface area contributed by atoms with Gasteiger partial charge < -0.3 is 10.3 Å². The van der Waals surface area contributed by atoms with Crippen LogP contribution in [0, 0.1) is 0 Å². The fourth-order valence-corrected chi connectivity index (χ4v) is 2.89. The largest absolute Gasteiger partial charge is 0.420 e. The molecular formula is C17H11F6N3O. The Morgan fingerprint density at radius 1 is 1.04 bits per heavy atom. The molecule has 27 heavy (non-hydrogen) atoms. The first-order chi connectivity index (χ1) is 12.5. The lowest BCUT2D eigenvalue weighted by Gasteiger charge is -2.13. The standard InChI is InChI=1S/C17H11F6N3O/c18-16(19,20)10-4-1-3-9(7-10)8-26-11-5-2-6-25-13(11)12(17(21,22)23)14(26)15(24)27/h1-7H,8H2,(H2,24,27). The van der Waals surface area contributed by atoms with Crippen molar-refractivity contribution in [2.24, 2.45) is 5.73 Å². The molecule has 2 heterocycles. The van der Waals surface area contributed by atoms with Crippen LogP contribution in [0.2, 0.25) is 0 Å². The quantitative estimate of drug-likeness (QED) is 0.684. The van der Waals surface area contributed by atoms with E-state index in [0.29, 0.717) is 0 Å². The lowest BCUT2D eigenvalue weighted by molar-refractivity contribution is -0.138. The van der Waals surface area contributed by atoms with Crippen LogP contribution in [0.4, 0.5) is 26.3 Å². The zero-order chi connectivity index (χ0) is 20.0. The van der Waals surface area contributed by atoms with Crippen molar-refractivity contribution >= 4 is 16.9 Å². The number of hydrogen-bond donors (Lipinski definition) is 1. The molecule has 3 rings (SSSR count). The Morgan fingerprint density at radius 2 is 1.74 bits per heavy atom. The highest BCUT2D eigenvalue weighted by atomic mass is 19.4. The van der Waals surface area contributed by atoms with E-state index in [2.05, 4.69) is 4.98 Å². The van der Waals surface area contributed by atoms with Gasteiger partial charge in [-0.3, -0.25) is 9.78 Å². The van der Waals surface area contributed by atoms with E-state index in [9.17, 15) is 31.1 Å². The van der Waals surface area contributed by atoms with E-state index in [1.165, 1.54) is 18.2 Å². The number of nitrogens with two attached hydrogens (primary N) is 1. The van der Waals surface area contributed by atoms with Gasteiger partial charge in [0.1, 0.15) is 16.8 Å². The maximum absolute atomic E-state index is 13.5. The summed E-state index contributed by atoms with van der Waals surface area (Å²) in [6.45, 7) is -0.416. The lowest BCUT2D eigenvalue weighted by Crippen LogP contribution is -2.22. The number of rotatable bonds is 3. The molecule has 1 amide bonds. The second-order valence-electron chi connectivity index (χ2n) is 5.74. The first-order valence-corrected chi connectivity index (χ1v) is 7.50. The van der Waals surface area contributed by atoms with E-state index in [4.69, 9.17) is 5.73 Å². The SMILES string of the molecule is NC(=O)c1c(C(F)(F)F)c2ncccc2n1Cc1cccc(C(F)(F)F)c1. The Labute approximate surface area is 148 Å². The van der Waals surface area contributed by atoms with Crippen LogP contribution in [-0.2, 0) is 18.9 Å². The number of halogens is 6. The van der Waals surface area contributed by atoms with Crippen molar-refractivity contribution in [1.29, 1.82) is 0 Å². The van der Waals surface area contributed by atoms with Gasteiger partial charge in [-0.05, 0) is 29.8 Å². The fraction of sp³-hybridized carbons (Fsp3) is 0.176. The summed E-state index contributed by atoms with van der Waals surface area (Å²) in [5.41, 5.74) is 1.55. The van der Waals surface area contributed by atoms with Crippen molar-refractivity contribution in [3.63, 3.8) is 0 Å². The highest BCUT2D eigenvalue weighted by Crippen LogP contribution is 2.39. The molecule has 0 bridgehead atoms. The van der Waals surface area contributed by atoms with Crippen LogP contribution in [0.1, 0.15) is 27.2 Å². The maximum Gasteiger partial charge on any atom is 0.420 e. The van der Waals surface area contributed by atoms with E-state index < -0.39 is 47.1 Å². The van der Waals surface area contributed by atoms with E-state index in [-0.39, 0.29) is 11.1 Å². The van der Waals surface area contributed by atoms with Crippen molar-refractivity contribution in [3.05, 3.63) is 65.0 Å². The molecule has 3 aromatic rings. The van der Waals surface area contributed by atoms with Crippen LogP contribution < -0.4 is 5.73 Å². The van der Waals surface area contributed by atoms with Gasteiger partial charge in [-0.1, -0.05) is 12.1 Å². The number of benzene rings is 1. The summed E-state index contributed by atoms with van der Waals surface area (Å²) in [5.74, 6) is -1.35. The smallest absolute Gasteiger partial charge is 0.364 e. The molecule has 0 saturated heterocycles. The van der Waals surface area contributed by atoms with Gasteiger partial charge in [0.2, 0.25) is 0 Å². The van der Waals surface area contributed by atoms with Gasteiger partial charge in [0.05, 0.1) is 11.1 Å². The fourth-order valence-electron chi connectivity index (χ4n) is 2.89. The molecule has 10 heteroatoms. The molecule has 0 aliphatic heterocycles. The van der Waals surface area contributed by atoms with Gasteiger partial charge >= 0.3 is 12.4 Å². The first kappa shape index (κ1) is 18.7.